The predicted octanol–water partition coefficient (Wildman–Crippen LogP) is 1.45. The van der Waals surface area contributed by atoms with E-state index in [1.165, 1.54) is 0 Å². The first-order chi connectivity index (χ1) is 5.74. The summed E-state index contributed by atoms with van der Waals surface area (Å²) >= 11 is 0. The van der Waals surface area contributed by atoms with Crippen molar-refractivity contribution in [2.75, 3.05) is 0 Å². The van der Waals surface area contributed by atoms with Crippen LogP contribution in [0.3, 0.4) is 0 Å². The summed E-state index contributed by atoms with van der Waals surface area (Å²) in [7, 11) is 0. The molecule has 0 aromatic carbocycles. The van der Waals surface area contributed by atoms with E-state index in [9.17, 15) is 9.59 Å². The fraction of sp³-hybridized carbons (Fsp3) is 0.778. The van der Waals surface area contributed by atoms with E-state index in [1.54, 1.807) is 0 Å². The quantitative estimate of drug-likeness (QED) is 0.600. The number of cyclic esters (lactones) is 1. The van der Waals surface area contributed by atoms with E-state index < -0.39 is 6.10 Å². The Labute approximate surface area is 72.1 Å². The number of Topliss-reactive ketones (excluding diaryl/α,β-unsaturated/α-hetero) is 1. The summed E-state index contributed by atoms with van der Waals surface area (Å²) in [5.74, 6) is -0.146. The van der Waals surface area contributed by atoms with Crippen LogP contribution in [0.5, 0.6) is 0 Å². The number of hydrogen-bond acceptors (Lipinski definition) is 3. The maximum atomic E-state index is 11.3. The Hall–Kier alpha value is -0.860. The standard InChI is InChI=1S/C9H14O3/c1-2-3-4-7(10)8-5-6-9(11)12-8/h8H,2-6H2,1H3/t8-/m0/s1. The zero-order chi connectivity index (χ0) is 8.97. The summed E-state index contributed by atoms with van der Waals surface area (Å²) in [6.45, 7) is 2.04. The zero-order valence-corrected chi connectivity index (χ0v) is 7.34. The molecule has 1 saturated heterocycles. The molecule has 0 radical (unpaired) electrons. The molecular formula is C9H14O3. The van der Waals surface area contributed by atoms with Gasteiger partial charge in [-0.1, -0.05) is 13.3 Å². The second-order valence-electron chi connectivity index (χ2n) is 3.09. The molecule has 0 amide bonds. The van der Waals surface area contributed by atoms with E-state index in [2.05, 4.69) is 0 Å². The van der Waals surface area contributed by atoms with Crippen molar-refractivity contribution >= 4 is 11.8 Å². The Bertz CT molecular complexity index is 186. The van der Waals surface area contributed by atoms with Crippen LogP contribution in [0.15, 0.2) is 0 Å². The first kappa shape index (κ1) is 9.23. The van der Waals surface area contributed by atoms with E-state index in [0.29, 0.717) is 19.3 Å². The predicted molar refractivity (Wildman–Crippen MR) is 43.6 cm³/mol. The third kappa shape index (κ3) is 2.32. The van der Waals surface area contributed by atoms with Gasteiger partial charge in [-0.3, -0.25) is 9.59 Å². The first-order valence-electron chi connectivity index (χ1n) is 4.46. The van der Waals surface area contributed by atoms with E-state index >= 15 is 0 Å². The van der Waals surface area contributed by atoms with Crippen LogP contribution in [0.2, 0.25) is 0 Å². The second-order valence-corrected chi connectivity index (χ2v) is 3.09. The summed E-state index contributed by atoms with van der Waals surface area (Å²) < 4.78 is 4.83. The van der Waals surface area contributed by atoms with Crippen LogP contribution in [0.1, 0.15) is 39.0 Å². The number of unbranched alkanes of at least 4 members (excludes halogenated alkanes) is 1. The van der Waals surface area contributed by atoms with Crippen molar-refractivity contribution in [1.29, 1.82) is 0 Å². The molecule has 1 aliphatic rings. The molecule has 1 heterocycles. The fourth-order valence-corrected chi connectivity index (χ4v) is 1.26. The lowest BCUT2D eigenvalue weighted by atomic mass is 10.1. The van der Waals surface area contributed by atoms with Gasteiger partial charge in [0.05, 0.1) is 0 Å². The number of ether oxygens (including phenoxy) is 1. The van der Waals surface area contributed by atoms with Crippen molar-refractivity contribution in [2.24, 2.45) is 0 Å². The van der Waals surface area contributed by atoms with Gasteiger partial charge < -0.3 is 4.74 Å². The molecule has 0 spiro atoms. The third-order valence-electron chi connectivity index (χ3n) is 2.02. The average Bonchev–Trinajstić information content (AvgIpc) is 2.47. The number of carbonyl (C=O) groups excluding carboxylic acids is 2. The van der Waals surface area contributed by atoms with Crippen molar-refractivity contribution in [3.05, 3.63) is 0 Å². The SMILES string of the molecule is CCCCC(=O)[C@@H]1CCC(=O)O1. The number of ketones is 1. The molecule has 1 fully saturated rings. The highest BCUT2D eigenvalue weighted by Crippen LogP contribution is 2.16. The van der Waals surface area contributed by atoms with Gasteiger partial charge in [-0.2, -0.15) is 0 Å². The zero-order valence-electron chi connectivity index (χ0n) is 7.34. The minimum absolute atomic E-state index is 0.0858. The van der Waals surface area contributed by atoms with Crippen molar-refractivity contribution in [2.45, 2.75) is 45.1 Å². The Balaban J connectivity index is 2.28. The third-order valence-corrected chi connectivity index (χ3v) is 2.02. The molecule has 3 nitrogen and oxygen atoms in total. The Kier molecular flexibility index (Phi) is 3.26. The molecule has 1 aliphatic heterocycles. The van der Waals surface area contributed by atoms with Crippen LogP contribution >= 0.6 is 0 Å². The molecule has 0 saturated carbocycles. The second kappa shape index (κ2) is 4.24. The summed E-state index contributed by atoms with van der Waals surface area (Å²) in [6, 6.07) is 0. The van der Waals surface area contributed by atoms with Gasteiger partial charge in [-0.25, -0.2) is 0 Å². The molecule has 0 aromatic rings. The van der Waals surface area contributed by atoms with Gasteiger partial charge in [0.2, 0.25) is 0 Å². The van der Waals surface area contributed by atoms with Crippen LogP contribution in [-0.2, 0) is 14.3 Å². The Morgan fingerprint density at radius 1 is 1.67 bits per heavy atom. The van der Waals surface area contributed by atoms with Gasteiger partial charge in [0.1, 0.15) is 0 Å². The van der Waals surface area contributed by atoms with E-state index in [4.69, 9.17) is 4.74 Å². The van der Waals surface area contributed by atoms with Gasteiger partial charge in [0.25, 0.3) is 0 Å². The summed E-state index contributed by atoms with van der Waals surface area (Å²) in [5, 5.41) is 0. The van der Waals surface area contributed by atoms with Crippen LogP contribution in [-0.4, -0.2) is 17.9 Å². The fourth-order valence-electron chi connectivity index (χ4n) is 1.26. The number of carbonyl (C=O) groups is 2. The normalized spacial score (nSPS) is 22.4. The highest BCUT2D eigenvalue weighted by atomic mass is 16.6. The largest absolute Gasteiger partial charge is 0.454 e. The monoisotopic (exact) mass is 170 g/mol. The van der Waals surface area contributed by atoms with Crippen molar-refractivity contribution in [3.8, 4) is 0 Å². The molecule has 1 atom stereocenters. The van der Waals surface area contributed by atoms with Crippen LogP contribution in [0.4, 0.5) is 0 Å². The molecule has 68 valence electrons. The van der Waals surface area contributed by atoms with Crippen LogP contribution in [0.25, 0.3) is 0 Å². The van der Waals surface area contributed by atoms with Gasteiger partial charge in [-0.15, -0.1) is 0 Å². The summed E-state index contributed by atoms with van der Waals surface area (Å²) in [6.07, 6.45) is 3.02. The molecular weight excluding hydrogens is 156 g/mol. The Morgan fingerprint density at radius 2 is 2.42 bits per heavy atom. The molecule has 0 unspecified atom stereocenters. The molecule has 0 aliphatic carbocycles. The van der Waals surface area contributed by atoms with Gasteiger partial charge in [-0.05, 0) is 6.42 Å². The van der Waals surface area contributed by atoms with Crippen LogP contribution < -0.4 is 0 Å². The Morgan fingerprint density at radius 3 is 2.92 bits per heavy atom. The molecule has 3 heteroatoms. The van der Waals surface area contributed by atoms with Gasteiger partial charge in [0.15, 0.2) is 11.9 Å². The highest BCUT2D eigenvalue weighted by Gasteiger charge is 2.28. The number of hydrogen-bond donors (Lipinski definition) is 0. The smallest absolute Gasteiger partial charge is 0.306 e. The lowest BCUT2D eigenvalue weighted by molar-refractivity contribution is -0.147. The molecule has 0 aromatic heterocycles. The minimum Gasteiger partial charge on any atom is -0.454 e. The number of rotatable bonds is 4. The minimum atomic E-state index is -0.427. The lowest BCUT2D eigenvalue weighted by Gasteiger charge is -2.06. The van der Waals surface area contributed by atoms with Gasteiger partial charge >= 0.3 is 5.97 Å². The van der Waals surface area contributed by atoms with Crippen molar-refractivity contribution in [3.63, 3.8) is 0 Å². The van der Waals surface area contributed by atoms with E-state index in [-0.39, 0.29) is 11.8 Å². The van der Waals surface area contributed by atoms with E-state index in [0.717, 1.165) is 12.8 Å². The maximum absolute atomic E-state index is 11.3. The molecule has 0 bridgehead atoms. The van der Waals surface area contributed by atoms with E-state index in [1.807, 2.05) is 6.92 Å². The van der Waals surface area contributed by atoms with Crippen molar-refractivity contribution in [1.82, 2.24) is 0 Å². The topological polar surface area (TPSA) is 43.4 Å². The first-order valence-corrected chi connectivity index (χ1v) is 4.46. The summed E-state index contributed by atoms with van der Waals surface area (Å²) in [4.78, 5) is 21.9. The van der Waals surface area contributed by atoms with Crippen LogP contribution in [0, 0.1) is 0 Å². The lowest BCUT2D eigenvalue weighted by Crippen LogP contribution is -2.19. The average molecular weight is 170 g/mol. The maximum Gasteiger partial charge on any atom is 0.306 e. The molecule has 0 N–H and O–H groups in total. The molecule has 12 heavy (non-hydrogen) atoms. The molecule has 1 rings (SSSR count). The van der Waals surface area contributed by atoms with Crippen molar-refractivity contribution < 1.29 is 14.3 Å². The van der Waals surface area contributed by atoms with Gasteiger partial charge in [0, 0.05) is 19.3 Å². The number of esters is 1. The summed E-state index contributed by atoms with van der Waals surface area (Å²) in [5.41, 5.74) is 0. The highest BCUT2D eigenvalue weighted by molar-refractivity contribution is 5.87.